The third kappa shape index (κ3) is 2.50. The highest BCUT2D eigenvalue weighted by Gasteiger charge is 2.19. The van der Waals surface area contributed by atoms with Crippen LogP contribution in [0.3, 0.4) is 0 Å². The van der Waals surface area contributed by atoms with E-state index in [9.17, 15) is 0 Å². The van der Waals surface area contributed by atoms with E-state index >= 15 is 0 Å². The number of nitrogens with zero attached hydrogens (tertiary/aromatic N) is 5. The molecule has 0 atom stereocenters. The van der Waals surface area contributed by atoms with E-state index in [2.05, 4.69) is 20.1 Å². The maximum Gasteiger partial charge on any atom is 0.325 e. The molecule has 3 aromatic heterocycles. The molecule has 4 aromatic rings. The maximum atomic E-state index is 5.81. The first-order valence-corrected chi connectivity index (χ1v) is 7.77. The number of hydrogen-bond donors (Lipinski definition) is 1. The zero-order valence-electron chi connectivity index (χ0n) is 14.4. The maximum absolute atomic E-state index is 5.81. The minimum atomic E-state index is 0.207. The third-order valence-corrected chi connectivity index (χ3v) is 3.95. The van der Waals surface area contributed by atoms with Gasteiger partial charge in [-0.05, 0) is 25.1 Å². The first-order valence-electron chi connectivity index (χ1n) is 7.77. The fraction of sp³-hybridized carbons (Fsp3) is 0.176. The second-order valence-electron chi connectivity index (χ2n) is 5.55. The lowest BCUT2D eigenvalue weighted by atomic mass is 10.2. The van der Waals surface area contributed by atoms with Crippen LogP contribution < -0.4 is 15.2 Å². The predicted octanol–water partition coefficient (Wildman–Crippen LogP) is 2.35. The highest BCUT2D eigenvalue weighted by Crippen LogP contribution is 2.33. The Morgan fingerprint density at radius 2 is 1.77 bits per heavy atom. The average Bonchev–Trinajstić information content (AvgIpc) is 3.18. The van der Waals surface area contributed by atoms with E-state index in [4.69, 9.17) is 19.6 Å². The Morgan fingerprint density at radius 3 is 2.46 bits per heavy atom. The molecule has 0 unspecified atom stereocenters. The first kappa shape index (κ1) is 15.9. The largest absolute Gasteiger partial charge is 0.493 e. The number of nitrogen functional groups attached to an aromatic ring is 1. The summed E-state index contributed by atoms with van der Waals surface area (Å²) in [7, 11) is 3.16. The zero-order valence-corrected chi connectivity index (χ0v) is 14.4. The summed E-state index contributed by atoms with van der Waals surface area (Å²) < 4.78 is 18.0. The van der Waals surface area contributed by atoms with Crippen molar-refractivity contribution in [2.75, 3.05) is 20.0 Å². The zero-order chi connectivity index (χ0) is 18.3. The Labute approximate surface area is 148 Å². The Bertz CT molecular complexity index is 1080. The van der Waals surface area contributed by atoms with Crippen molar-refractivity contribution in [3.05, 3.63) is 36.3 Å². The highest BCUT2D eigenvalue weighted by molar-refractivity contribution is 5.66. The van der Waals surface area contributed by atoms with Gasteiger partial charge in [0.1, 0.15) is 5.69 Å². The summed E-state index contributed by atoms with van der Waals surface area (Å²) in [6, 6.07) is 5.43. The van der Waals surface area contributed by atoms with E-state index in [1.165, 1.54) is 0 Å². The lowest BCUT2D eigenvalue weighted by Crippen LogP contribution is -1.97. The van der Waals surface area contributed by atoms with Crippen molar-refractivity contribution >= 4 is 11.8 Å². The van der Waals surface area contributed by atoms with Crippen molar-refractivity contribution in [2.45, 2.75) is 6.92 Å². The van der Waals surface area contributed by atoms with Crippen LogP contribution in [0.4, 0.5) is 5.95 Å². The van der Waals surface area contributed by atoms with Gasteiger partial charge in [-0.3, -0.25) is 0 Å². The van der Waals surface area contributed by atoms with Gasteiger partial charge in [0.2, 0.25) is 11.8 Å². The van der Waals surface area contributed by atoms with E-state index in [0.717, 1.165) is 22.5 Å². The number of anilines is 1. The highest BCUT2D eigenvalue weighted by atomic mass is 16.5. The van der Waals surface area contributed by atoms with Gasteiger partial charge < -0.3 is 19.6 Å². The van der Waals surface area contributed by atoms with Gasteiger partial charge in [-0.1, -0.05) is 0 Å². The summed E-state index contributed by atoms with van der Waals surface area (Å²) in [4.78, 5) is 12.5. The first-order chi connectivity index (χ1) is 12.6. The van der Waals surface area contributed by atoms with Crippen molar-refractivity contribution in [1.82, 2.24) is 24.6 Å². The van der Waals surface area contributed by atoms with Gasteiger partial charge in [-0.15, -0.1) is 5.10 Å². The van der Waals surface area contributed by atoms with Gasteiger partial charge in [0.25, 0.3) is 0 Å². The van der Waals surface area contributed by atoms with Crippen LogP contribution in [-0.4, -0.2) is 38.8 Å². The normalized spacial score (nSPS) is 11.0. The molecule has 1 aromatic carbocycles. The molecule has 9 nitrogen and oxygen atoms in total. The summed E-state index contributed by atoms with van der Waals surface area (Å²) in [5.74, 6) is 2.20. The number of methoxy groups -OCH3 is 2. The quantitative estimate of drug-likeness (QED) is 0.595. The lowest BCUT2D eigenvalue weighted by molar-refractivity contribution is 0.355. The smallest absolute Gasteiger partial charge is 0.325 e. The van der Waals surface area contributed by atoms with Crippen LogP contribution >= 0.6 is 0 Å². The molecular formula is C17H16N6O3. The van der Waals surface area contributed by atoms with Crippen molar-refractivity contribution in [2.24, 2.45) is 0 Å². The molecule has 132 valence electrons. The van der Waals surface area contributed by atoms with E-state index in [-0.39, 0.29) is 5.95 Å². The fourth-order valence-corrected chi connectivity index (χ4v) is 2.73. The predicted molar refractivity (Wildman–Crippen MR) is 94.0 cm³/mol. The lowest BCUT2D eigenvalue weighted by Gasteiger charge is -2.07. The Kier molecular flexibility index (Phi) is 3.68. The average molecular weight is 352 g/mol. The molecule has 0 spiro atoms. The number of fused-ring (bicyclic) bond motifs is 1. The Morgan fingerprint density at radius 1 is 1.04 bits per heavy atom. The van der Waals surface area contributed by atoms with Crippen LogP contribution in [0, 0.1) is 6.92 Å². The van der Waals surface area contributed by atoms with Crippen LogP contribution in [0.15, 0.2) is 35.0 Å². The van der Waals surface area contributed by atoms with Crippen LogP contribution in [-0.2, 0) is 0 Å². The van der Waals surface area contributed by atoms with Gasteiger partial charge in [0.15, 0.2) is 11.5 Å². The fourth-order valence-electron chi connectivity index (χ4n) is 2.73. The van der Waals surface area contributed by atoms with Crippen LogP contribution in [0.5, 0.6) is 11.5 Å². The number of ether oxygens (including phenoxy) is 2. The second-order valence-corrected chi connectivity index (χ2v) is 5.55. The number of aromatic nitrogens is 5. The summed E-state index contributed by atoms with van der Waals surface area (Å²) in [5.41, 5.74) is 8.55. The molecule has 0 bridgehead atoms. The SMILES string of the molecule is COc1ccc(-c2nn3c(-c4cnc(N)nc4)c(C)nc3o2)cc1OC. The van der Waals surface area contributed by atoms with E-state index in [1.54, 1.807) is 43.3 Å². The molecule has 0 amide bonds. The van der Waals surface area contributed by atoms with E-state index in [1.807, 2.05) is 13.0 Å². The molecule has 0 aliphatic heterocycles. The summed E-state index contributed by atoms with van der Waals surface area (Å²) in [5, 5.41) is 4.54. The van der Waals surface area contributed by atoms with Gasteiger partial charge in [0, 0.05) is 23.5 Å². The number of hydrogen-bond acceptors (Lipinski definition) is 8. The third-order valence-electron chi connectivity index (χ3n) is 3.95. The molecular weight excluding hydrogens is 336 g/mol. The molecule has 0 radical (unpaired) electrons. The van der Waals surface area contributed by atoms with Gasteiger partial charge in [-0.2, -0.15) is 9.50 Å². The molecule has 0 saturated carbocycles. The van der Waals surface area contributed by atoms with Crippen LogP contribution in [0.2, 0.25) is 0 Å². The topological polar surface area (TPSA) is 114 Å². The molecule has 0 fully saturated rings. The van der Waals surface area contributed by atoms with Gasteiger partial charge in [0.05, 0.1) is 19.9 Å². The summed E-state index contributed by atoms with van der Waals surface area (Å²) in [6.07, 6.45) is 3.26. The number of rotatable bonds is 4. The molecule has 3 heterocycles. The summed E-state index contributed by atoms with van der Waals surface area (Å²) in [6.45, 7) is 1.87. The number of benzene rings is 1. The molecule has 0 aliphatic rings. The van der Waals surface area contributed by atoms with E-state index < -0.39 is 0 Å². The van der Waals surface area contributed by atoms with Crippen LogP contribution in [0.25, 0.3) is 28.6 Å². The van der Waals surface area contributed by atoms with Gasteiger partial charge >= 0.3 is 5.84 Å². The molecule has 2 N–H and O–H groups in total. The summed E-state index contributed by atoms with van der Waals surface area (Å²) >= 11 is 0. The monoisotopic (exact) mass is 352 g/mol. The van der Waals surface area contributed by atoms with Crippen molar-refractivity contribution in [3.63, 3.8) is 0 Å². The Balaban J connectivity index is 1.83. The van der Waals surface area contributed by atoms with Gasteiger partial charge in [-0.25, -0.2) is 9.97 Å². The molecule has 26 heavy (non-hydrogen) atoms. The van der Waals surface area contributed by atoms with Crippen molar-refractivity contribution in [3.8, 4) is 34.2 Å². The number of aryl methyl sites for hydroxylation is 1. The van der Waals surface area contributed by atoms with E-state index in [0.29, 0.717) is 23.2 Å². The Hall–Kier alpha value is -3.62. The minimum Gasteiger partial charge on any atom is -0.493 e. The molecule has 4 rings (SSSR count). The molecule has 0 saturated heterocycles. The van der Waals surface area contributed by atoms with Crippen LogP contribution in [0.1, 0.15) is 5.69 Å². The number of nitrogens with two attached hydrogens (primary N) is 1. The van der Waals surface area contributed by atoms with Crippen molar-refractivity contribution in [1.29, 1.82) is 0 Å². The van der Waals surface area contributed by atoms with Crippen molar-refractivity contribution < 1.29 is 13.9 Å². The second kappa shape index (κ2) is 6.03. The molecule has 0 aliphatic carbocycles. The number of imidazole rings is 1. The minimum absolute atomic E-state index is 0.207. The standard InChI is InChI=1S/C17H16N6O3/c1-9-14(11-7-19-16(18)20-8-11)23-17(21-9)26-15(22-23)10-4-5-12(24-2)13(6-10)25-3/h4-8H,1-3H3,(H2,18,19,20). The molecule has 9 heteroatoms.